The van der Waals surface area contributed by atoms with Gasteiger partial charge in [-0.3, -0.25) is 18.6 Å². The molecule has 0 aliphatic carbocycles. The van der Waals surface area contributed by atoms with E-state index in [4.69, 9.17) is 4.52 Å². The van der Waals surface area contributed by atoms with E-state index in [-0.39, 0.29) is 17.2 Å². The maximum Gasteiger partial charge on any atom is 0.529 e. The number of carbonyl (C=O) groups is 2. The molecular formula is C11H14NO6P. The topological polar surface area (TPSA) is 90.9 Å². The minimum atomic E-state index is -3.68. The van der Waals surface area contributed by atoms with Crippen molar-refractivity contribution in [2.45, 2.75) is 6.92 Å². The van der Waals surface area contributed by atoms with Gasteiger partial charge in [0.2, 0.25) is 5.91 Å². The molecule has 0 bridgehead atoms. The van der Waals surface area contributed by atoms with Crippen LogP contribution in [0.3, 0.4) is 0 Å². The lowest BCUT2D eigenvalue weighted by atomic mass is 10.2. The van der Waals surface area contributed by atoms with Gasteiger partial charge in [0.05, 0.1) is 5.69 Å². The highest BCUT2D eigenvalue weighted by atomic mass is 31.2. The van der Waals surface area contributed by atoms with E-state index >= 15 is 0 Å². The van der Waals surface area contributed by atoms with Crippen LogP contribution in [0.1, 0.15) is 17.3 Å². The molecule has 19 heavy (non-hydrogen) atoms. The van der Waals surface area contributed by atoms with Crippen molar-refractivity contribution < 1.29 is 27.7 Å². The van der Waals surface area contributed by atoms with Crippen LogP contribution in [0.5, 0.6) is 5.75 Å². The minimum absolute atomic E-state index is 0.128. The van der Waals surface area contributed by atoms with Crippen LogP contribution in [0.2, 0.25) is 0 Å². The van der Waals surface area contributed by atoms with Crippen molar-refractivity contribution in [2.24, 2.45) is 0 Å². The predicted octanol–water partition coefficient (Wildman–Crippen LogP) is 2.24. The van der Waals surface area contributed by atoms with Gasteiger partial charge in [-0.2, -0.15) is 0 Å². The number of hydrogen-bond acceptors (Lipinski definition) is 6. The van der Waals surface area contributed by atoms with Gasteiger partial charge in [-0.1, -0.05) is 0 Å². The molecule has 0 aromatic heterocycles. The summed E-state index contributed by atoms with van der Waals surface area (Å²) in [5.74, 6) is -0.181. The molecule has 0 radical (unpaired) electrons. The lowest BCUT2D eigenvalue weighted by Crippen LogP contribution is -2.08. The van der Waals surface area contributed by atoms with Gasteiger partial charge in [0.15, 0.2) is 6.29 Å². The molecule has 8 heteroatoms. The van der Waals surface area contributed by atoms with Crippen LogP contribution < -0.4 is 9.84 Å². The van der Waals surface area contributed by atoms with E-state index in [2.05, 4.69) is 14.4 Å². The molecule has 1 N–H and O–H groups in total. The van der Waals surface area contributed by atoms with Crippen LogP contribution in [0, 0.1) is 0 Å². The lowest BCUT2D eigenvalue weighted by Gasteiger charge is -2.15. The number of nitrogens with one attached hydrogen (secondary N) is 1. The summed E-state index contributed by atoms with van der Waals surface area (Å²) in [5, 5.41) is 2.49. The van der Waals surface area contributed by atoms with E-state index in [1.54, 1.807) is 0 Å². The van der Waals surface area contributed by atoms with Gasteiger partial charge in [-0.25, -0.2) is 4.57 Å². The monoisotopic (exact) mass is 287 g/mol. The number of amides is 1. The van der Waals surface area contributed by atoms with Crippen LogP contribution in [-0.2, 0) is 18.4 Å². The Morgan fingerprint density at radius 3 is 2.42 bits per heavy atom. The van der Waals surface area contributed by atoms with Crippen molar-refractivity contribution in [1.82, 2.24) is 0 Å². The van der Waals surface area contributed by atoms with Crippen LogP contribution in [0.25, 0.3) is 0 Å². The Morgan fingerprint density at radius 2 is 1.95 bits per heavy atom. The van der Waals surface area contributed by atoms with E-state index in [0.717, 1.165) is 0 Å². The number of aldehydes is 1. The fraction of sp³-hybridized carbons (Fsp3) is 0.273. The zero-order valence-electron chi connectivity index (χ0n) is 10.7. The molecule has 0 unspecified atom stereocenters. The fourth-order valence-electron chi connectivity index (χ4n) is 1.28. The average Bonchev–Trinajstić information content (AvgIpc) is 2.39. The van der Waals surface area contributed by atoms with Gasteiger partial charge in [-0.05, 0) is 18.2 Å². The third-order valence-electron chi connectivity index (χ3n) is 2.13. The van der Waals surface area contributed by atoms with E-state index < -0.39 is 7.82 Å². The zero-order valence-corrected chi connectivity index (χ0v) is 11.6. The zero-order chi connectivity index (χ0) is 14.5. The molecular weight excluding hydrogens is 273 g/mol. The summed E-state index contributed by atoms with van der Waals surface area (Å²) < 4.78 is 26.0. The van der Waals surface area contributed by atoms with Crippen molar-refractivity contribution in [3.8, 4) is 5.75 Å². The first-order valence-corrected chi connectivity index (χ1v) is 6.68. The van der Waals surface area contributed by atoms with Crippen molar-refractivity contribution in [2.75, 3.05) is 19.5 Å². The predicted molar refractivity (Wildman–Crippen MR) is 68.4 cm³/mol. The summed E-state index contributed by atoms with van der Waals surface area (Å²) in [6.45, 7) is 1.32. The largest absolute Gasteiger partial charge is 0.529 e. The average molecular weight is 287 g/mol. The summed E-state index contributed by atoms with van der Waals surface area (Å²) >= 11 is 0. The number of anilines is 1. The van der Waals surface area contributed by atoms with Crippen LogP contribution >= 0.6 is 7.82 Å². The van der Waals surface area contributed by atoms with Crippen molar-refractivity contribution >= 4 is 25.7 Å². The Morgan fingerprint density at radius 1 is 1.32 bits per heavy atom. The fourth-order valence-corrected chi connectivity index (χ4v) is 1.95. The van der Waals surface area contributed by atoms with Gasteiger partial charge in [0.1, 0.15) is 5.75 Å². The Labute approximate surface area is 110 Å². The quantitative estimate of drug-likeness (QED) is 0.637. The summed E-state index contributed by atoms with van der Waals surface area (Å²) in [6.07, 6.45) is 0.544. The number of rotatable bonds is 6. The Hall–Kier alpha value is -1.69. The van der Waals surface area contributed by atoms with Crippen molar-refractivity contribution in [3.05, 3.63) is 23.8 Å². The first-order chi connectivity index (χ1) is 8.94. The van der Waals surface area contributed by atoms with Crippen molar-refractivity contribution in [3.63, 3.8) is 0 Å². The molecule has 1 rings (SSSR count). The maximum atomic E-state index is 11.8. The number of phosphoric ester groups is 1. The highest BCUT2D eigenvalue weighted by Crippen LogP contribution is 2.47. The smallest absolute Gasteiger partial charge is 0.404 e. The normalized spacial score (nSPS) is 10.9. The summed E-state index contributed by atoms with van der Waals surface area (Å²) in [5.41, 5.74) is 0.519. The number of phosphoric acid groups is 1. The second-order valence-corrected chi connectivity index (χ2v) is 5.26. The molecule has 1 aromatic carbocycles. The molecule has 0 spiro atoms. The van der Waals surface area contributed by atoms with Crippen LogP contribution in [0.15, 0.2) is 18.2 Å². The van der Waals surface area contributed by atoms with Crippen molar-refractivity contribution in [1.29, 1.82) is 0 Å². The van der Waals surface area contributed by atoms with Gasteiger partial charge < -0.3 is 9.84 Å². The third kappa shape index (κ3) is 4.17. The summed E-state index contributed by atoms with van der Waals surface area (Å²) in [4.78, 5) is 21.9. The second-order valence-electron chi connectivity index (χ2n) is 3.45. The Kier molecular flexibility index (Phi) is 5.23. The standard InChI is InChI=1S/C11H14NO6P/c1-8(14)12-11-5-4-10(6-9(11)7-13)18-19(15,16-2)17-3/h4-7H,1-3H3,(H,12,14). The molecule has 0 saturated carbocycles. The minimum Gasteiger partial charge on any atom is -0.404 e. The number of hydrogen-bond donors (Lipinski definition) is 1. The second kappa shape index (κ2) is 6.47. The third-order valence-corrected chi connectivity index (χ3v) is 3.45. The molecule has 104 valence electrons. The SMILES string of the molecule is COP(=O)(OC)Oc1ccc(NC(C)=O)c(C=O)c1. The first kappa shape index (κ1) is 15.4. The molecule has 0 atom stereocenters. The van der Waals surface area contributed by atoms with Gasteiger partial charge in [0, 0.05) is 26.7 Å². The Balaban J connectivity index is 3.03. The molecule has 1 amide bonds. The number of carbonyl (C=O) groups excluding carboxylic acids is 2. The van der Waals surface area contributed by atoms with E-state index in [1.165, 1.54) is 39.3 Å². The number of benzene rings is 1. The maximum absolute atomic E-state index is 11.8. The lowest BCUT2D eigenvalue weighted by molar-refractivity contribution is -0.114. The molecule has 7 nitrogen and oxygen atoms in total. The highest BCUT2D eigenvalue weighted by molar-refractivity contribution is 7.48. The molecule has 0 heterocycles. The van der Waals surface area contributed by atoms with Gasteiger partial charge in [0.25, 0.3) is 0 Å². The molecule has 0 fully saturated rings. The Bertz CT molecular complexity index is 522. The summed E-state index contributed by atoms with van der Waals surface area (Å²) in [7, 11) is -1.32. The van der Waals surface area contributed by atoms with Crippen LogP contribution in [0.4, 0.5) is 5.69 Å². The van der Waals surface area contributed by atoms with E-state index in [9.17, 15) is 14.2 Å². The molecule has 0 aliphatic rings. The molecule has 1 aromatic rings. The first-order valence-electron chi connectivity index (χ1n) is 5.22. The molecule has 0 aliphatic heterocycles. The molecule has 0 saturated heterocycles. The summed E-state index contributed by atoms with van der Waals surface area (Å²) in [6, 6.07) is 4.21. The highest BCUT2D eigenvalue weighted by Gasteiger charge is 2.24. The van der Waals surface area contributed by atoms with Gasteiger partial charge in [-0.15, -0.1) is 0 Å². The van der Waals surface area contributed by atoms with E-state index in [0.29, 0.717) is 12.0 Å². The van der Waals surface area contributed by atoms with E-state index in [1.807, 2.05) is 0 Å². The van der Waals surface area contributed by atoms with Gasteiger partial charge >= 0.3 is 7.82 Å². The van der Waals surface area contributed by atoms with Crippen LogP contribution in [-0.4, -0.2) is 26.4 Å².